The monoisotopic (exact) mass is 395 g/mol. The number of ether oxygens (including phenoxy) is 1. The first-order valence-corrected chi connectivity index (χ1v) is 10.4. The summed E-state index contributed by atoms with van der Waals surface area (Å²) in [4.78, 5) is 26.7. The van der Waals surface area contributed by atoms with E-state index in [9.17, 15) is 9.59 Å². The number of benzene rings is 2. The summed E-state index contributed by atoms with van der Waals surface area (Å²) < 4.78 is 5.77. The number of thioether (sulfide) groups is 1. The lowest BCUT2D eigenvalue weighted by Crippen LogP contribution is -2.29. The number of nitrogens with zero attached hydrogens (tertiary/aromatic N) is 1. The van der Waals surface area contributed by atoms with Gasteiger partial charge in [0.1, 0.15) is 5.75 Å². The zero-order valence-corrected chi connectivity index (χ0v) is 17.1. The van der Waals surface area contributed by atoms with Crippen LogP contribution in [-0.4, -0.2) is 28.7 Å². The van der Waals surface area contributed by atoms with Crippen LogP contribution in [0.2, 0.25) is 0 Å². The maximum absolute atomic E-state index is 12.6. The molecule has 1 fully saturated rings. The van der Waals surface area contributed by atoms with Gasteiger partial charge in [-0.25, -0.2) is 0 Å². The number of imide groups is 1. The maximum Gasteiger partial charge on any atom is 0.293 e. The second-order valence-electron chi connectivity index (χ2n) is 6.83. The minimum Gasteiger partial charge on any atom is -0.491 e. The fourth-order valence-corrected chi connectivity index (χ4v) is 3.75. The van der Waals surface area contributed by atoms with Crippen LogP contribution in [0.25, 0.3) is 6.08 Å². The molecule has 0 aromatic heterocycles. The maximum atomic E-state index is 12.6. The van der Waals surface area contributed by atoms with Crippen molar-refractivity contribution in [2.45, 2.75) is 39.2 Å². The Morgan fingerprint density at radius 2 is 1.79 bits per heavy atom. The van der Waals surface area contributed by atoms with E-state index in [0.717, 1.165) is 42.3 Å². The van der Waals surface area contributed by atoms with Crippen molar-refractivity contribution in [1.82, 2.24) is 4.90 Å². The van der Waals surface area contributed by atoms with Crippen LogP contribution in [0.5, 0.6) is 5.75 Å². The molecule has 3 rings (SSSR count). The predicted octanol–water partition coefficient (Wildman–Crippen LogP) is 5.53. The van der Waals surface area contributed by atoms with Crippen molar-refractivity contribution < 1.29 is 14.3 Å². The summed E-state index contributed by atoms with van der Waals surface area (Å²) in [6.07, 6.45) is 4.49. The molecule has 0 aliphatic carbocycles. The zero-order valence-electron chi connectivity index (χ0n) is 16.3. The smallest absolute Gasteiger partial charge is 0.293 e. The fraction of sp³-hybridized carbons (Fsp3) is 0.304. The van der Waals surface area contributed by atoms with Crippen molar-refractivity contribution >= 4 is 29.0 Å². The van der Waals surface area contributed by atoms with E-state index in [4.69, 9.17) is 4.74 Å². The lowest BCUT2D eigenvalue weighted by molar-refractivity contribution is -0.122. The second-order valence-corrected chi connectivity index (χ2v) is 7.82. The average molecular weight is 396 g/mol. The van der Waals surface area contributed by atoms with Crippen molar-refractivity contribution in [2.75, 3.05) is 6.54 Å². The van der Waals surface area contributed by atoms with Crippen molar-refractivity contribution in [3.05, 3.63) is 70.6 Å². The molecule has 0 bridgehead atoms. The van der Waals surface area contributed by atoms with Crippen molar-refractivity contribution in [1.29, 1.82) is 0 Å². The molecule has 1 atom stereocenters. The highest BCUT2D eigenvalue weighted by atomic mass is 32.2. The van der Waals surface area contributed by atoms with Gasteiger partial charge in [-0.05, 0) is 67.3 Å². The van der Waals surface area contributed by atoms with Gasteiger partial charge >= 0.3 is 0 Å². The molecule has 0 unspecified atom stereocenters. The minimum absolute atomic E-state index is 0.165. The van der Waals surface area contributed by atoms with Crippen LogP contribution in [-0.2, 0) is 11.2 Å². The van der Waals surface area contributed by atoms with Gasteiger partial charge in [-0.1, -0.05) is 49.4 Å². The third kappa shape index (κ3) is 5.26. The molecule has 4 nitrogen and oxygen atoms in total. The molecule has 2 aromatic carbocycles. The van der Waals surface area contributed by atoms with Crippen molar-refractivity contribution in [2.24, 2.45) is 0 Å². The summed E-state index contributed by atoms with van der Waals surface area (Å²) in [5.74, 6) is 0.600. The SMILES string of the molecule is CC[C@@H](C)Oc1ccc(/C=C2/SC(=O)N(CCCc3ccccc3)C2=O)cc1. The van der Waals surface area contributed by atoms with E-state index < -0.39 is 0 Å². The summed E-state index contributed by atoms with van der Waals surface area (Å²) >= 11 is 1.01. The number of carbonyl (C=O) groups excluding carboxylic acids is 2. The van der Waals surface area contributed by atoms with Gasteiger partial charge in [-0.2, -0.15) is 0 Å². The Labute approximate surface area is 170 Å². The summed E-state index contributed by atoms with van der Waals surface area (Å²) in [5.41, 5.74) is 2.09. The Morgan fingerprint density at radius 3 is 2.46 bits per heavy atom. The Kier molecular flexibility index (Phi) is 6.93. The van der Waals surface area contributed by atoms with Crippen LogP contribution in [0, 0.1) is 0 Å². The molecule has 2 amide bonds. The topological polar surface area (TPSA) is 46.6 Å². The Bertz CT molecular complexity index is 846. The van der Waals surface area contributed by atoms with Crippen LogP contribution in [0.1, 0.15) is 37.8 Å². The average Bonchev–Trinajstić information content (AvgIpc) is 2.97. The molecule has 28 heavy (non-hydrogen) atoms. The number of aryl methyl sites for hydroxylation is 1. The van der Waals surface area contributed by atoms with Gasteiger partial charge in [-0.15, -0.1) is 0 Å². The molecule has 1 saturated heterocycles. The molecule has 1 heterocycles. The van der Waals surface area contributed by atoms with E-state index in [-0.39, 0.29) is 17.3 Å². The Balaban J connectivity index is 1.59. The number of hydrogen-bond donors (Lipinski definition) is 0. The highest BCUT2D eigenvalue weighted by Gasteiger charge is 2.34. The summed E-state index contributed by atoms with van der Waals surface area (Å²) in [7, 11) is 0. The van der Waals surface area contributed by atoms with Crippen molar-refractivity contribution in [3.8, 4) is 5.75 Å². The molecule has 0 spiro atoms. The van der Waals surface area contributed by atoms with Crippen LogP contribution in [0.3, 0.4) is 0 Å². The van der Waals surface area contributed by atoms with Crippen LogP contribution in [0.4, 0.5) is 4.79 Å². The minimum atomic E-state index is -0.206. The van der Waals surface area contributed by atoms with Gasteiger partial charge in [0, 0.05) is 6.54 Å². The van der Waals surface area contributed by atoms with E-state index in [1.807, 2.05) is 49.4 Å². The standard InChI is InChI=1S/C23H25NO3S/c1-3-17(2)27-20-13-11-19(12-14-20)16-21-22(25)24(23(26)28-21)15-7-10-18-8-5-4-6-9-18/h4-6,8-9,11-14,16-17H,3,7,10,15H2,1-2H3/b21-16+/t17-/m1/s1. The Morgan fingerprint density at radius 1 is 1.07 bits per heavy atom. The largest absolute Gasteiger partial charge is 0.491 e. The molecule has 146 valence electrons. The first-order valence-electron chi connectivity index (χ1n) is 9.63. The van der Waals surface area contributed by atoms with Gasteiger partial charge in [0.25, 0.3) is 11.1 Å². The van der Waals surface area contributed by atoms with E-state index in [2.05, 4.69) is 19.1 Å². The summed E-state index contributed by atoms with van der Waals surface area (Å²) in [6.45, 7) is 4.55. The molecule has 0 N–H and O–H groups in total. The summed E-state index contributed by atoms with van der Waals surface area (Å²) in [6, 6.07) is 17.7. The molecule has 1 aliphatic rings. The molecule has 0 saturated carbocycles. The first-order chi connectivity index (χ1) is 13.6. The second kappa shape index (κ2) is 9.60. The lowest BCUT2D eigenvalue weighted by Gasteiger charge is -2.12. The Hall–Kier alpha value is -2.53. The van der Waals surface area contributed by atoms with Crippen molar-refractivity contribution in [3.63, 3.8) is 0 Å². The van der Waals surface area contributed by atoms with Crippen LogP contribution in [0.15, 0.2) is 59.5 Å². The molecule has 0 radical (unpaired) electrons. The molecular formula is C23H25NO3S. The first kappa shape index (κ1) is 20.2. The van der Waals surface area contributed by atoms with E-state index >= 15 is 0 Å². The summed E-state index contributed by atoms with van der Waals surface area (Å²) in [5, 5.41) is -0.193. The highest BCUT2D eigenvalue weighted by molar-refractivity contribution is 8.18. The normalized spacial score (nSPS) is 16.6. The van der Waals surface area contributed by atoms with Gasteiger partial charge < -0.3 is 4.74 Å². The van der Waals surface area contributed by atoms with Gasteiger partial charge in [0.2, 0.25) is 0 Å². The lowest BCUT2D eigenvalue weighted by atomic mass is 10.1. The van der Waals surface area contributed by atoms with Crippen LogP contribution >= 0.6 is 11.8 Å². The number of hydrogen-bond acceptors (Lipinski definition) is 4. The van der Waals surface area contributed by atoms with Gasteiger partial charge in [-0.3, -0.25) is 14.5 Å². The van der Waals surface area contributed by atoms with E-state index in [1.165, 1.54) is 10.5 Å². The highest BCUT2D eigenvalue weighted by Crippen LogP contribution is 2.32. The number of carbonyl (C=O) groups is 2. The predicted molar refractivity (Wildman–Crippen MR) is 114 cm³/mol. The van der Waals surface area contributed by atoms with E-state index in [1.54, 1.807) is 6.08 Å². The molecular weight excluding hydrogens is 370 g/mol. The molecule has 2 aromatic rings. The quantitative estimate of drug-likeness (QED) is 0.551. The fourth-order valence-electron chi connectivity index (χ4n) is 2.89. The van der Waals surface area contributed by atoms with Gasteiger partial charge in [0.15, 0.2) is 0 Å². The number of rotatable bonds is 8. The third-order valence-electron chi connectivity index (χ3n) is 4.65. The van der Waals surface area contributed by atoms with E-state index in [0.29, 0.717) is 11.4 Å². The van der Waals surface area contributed by atoms with Crippen LogP contribution < -0.4 is 4.74 Å². The third-order valence-corrected chi connectivity index (χ3v) is 5.56. The zero-order chi connectivity index (χ0) is 19.9. The van der Waals surface area contributed by atoms with Gasteiger partial charge in [0.05, 0.1) is 11.0 Å². The molecule has 5 heteroatoms. The molecule has 1 aliphatic heterocycles. The number of amides is 2.